The van der Waals surface area contributed by atoms with Crippen LogP contribution in [-0.4, -0.2) is 42.2 Å². The zero-order valence-electron chi connectivity index (χ0n) is 17.9. The Morgan fingerprint density at radius 2 is 1.87 bits per heavy atom. The Bertz CT molecular complexity index is 1190. The third-order valence-electron chi connectivity index (χ3n) is 5.04. The van der Waals surface area contributed by atoms with Gasteiger partial charge in [-0.1, -0.05) is 30.3 Å². The first-order valence-electron chi connectivity index (χ1n) is 9.85. The lowest BCUT2D eigenvalue weighted by molar-refractivity contribution is 0.367. The maximum Gasteiger partial charge on any atom is 0.237 e. The van der Waals surface area contributed by atoms with Crippen molar-refractivity contribution < 1.29 is 9.47 Å². The number of para-hydroxylation sites is 1. The van der Waals surface area contributed by atoms with E-state index in [4.69, 9.17) is 14.6 Å². The predicted octanol–water partition coefficient (Wildman–Crippen LogP) is 4.04. The minimum Gasteiger partial charge on any atom is -0.497 e. The summed E-state index contributed by atoms with van der Waals surface area (Å²) in [6.45, 7) is 1.93. The SMILES string of the molecule is COc1ccc([C@@H]2C(C#N)=C(N=CN(C)C)Oc3c2c(C)nn3-c2ccccc2)cc1. The van der Waals surface area contributed by atoms with Gasteiger partial charge in [-0.2, -0.15) is 10.4 Å². The number of aromatic nitrogens is 2. The van der Waals surface area contributed by atoms with Gasteiger partial charge in [0.05, 0.1) is 36.3 Å². The first kappa shape index (κ1) is 20.2. The molecule has 0 radical (unpaired) electrons. The first-order chi connectivity index (χ1) is 15.0. The van der Waals surface area contributed by atoms with Crippen molar-refractivity contribution in [3.8, 4) is 23.4 Å². The molecular weight excluding hydrogens is 390 g/mol. The van der Waals surface area contributed by atoms with Gasteiger partial charge in [0.25, 0.3) is 0 Å². The summed E-state index contributed by atoms with van der Waals surface area (Å²) in [5, 5.41) is 14.8. The molecule has 1 aliphatic heterocycles. The number of nitriles is 1. The van der Waals surface area contributed by atoms with E-state index in [1.165, 1.54) is 0 Å². The number of fused-ring (bicyclic) bond motifs is 1. The second-order valence-electron chi connectivity index (χ2n) is 7.40. The molecule has 1 atom stereocenters. The predicted molar refractivity (Wildman–Crippen MR) is 119 cm³/mol. The molecule has 1 aliphatic rings. The molecule has 0 amide bonds. The lowest BCUT2D eigenvalue weighted by Gasteiger charge is -2.25. The average Bonchev–Trinajstić information content (AvgIpc) is 3.13. The maximum atomic E-state index is 10.1. The molecule has 3 aromatic rings. The molecule has 0 spiro atoms. The molecule has 2 aromatic carbocycles. The largest absolute Gasteiger partial charge is 0.497 e. The fourth-order valence-electron chi connectivity index (χ4n) is 3.61. The van der Waals surface area contributed by atoms with Crippen molar-refractivity contribution in [1.29, 1.82) is 5.26 Å². The smallest absolute Gasteiger partial charge is 0.237 e. The molecule has 7 nitrogen and oxygen atoms in total. The van der Waals surface area contributed by atoms with Crippen LogP contribution in [0.5, 0.6) is 11.6 Å². The quantitative estimate of drug-likeness (QED) is 0.466. The molecule has 2 heterocycles. The van der Waals surface area contributed by atoms with E-state index >= 15 is 0 Å². The minimum atomic E-state index is -0.355. The highest BCUT2D eigenvalue weighted by Crippen LogP contribution is 2.45. The van der Waals surface area contributed by atoms with Gasteiger partial charge in [0, 0.05) is 14.1 Å². The van der Waals surface area contributed by atoms with E-state index in [1.54, 1.807) is 23.0 Å². The number of rotatable bonds is 5. The molecule has 0 unspecified atom stereocenters. The highest BCUT2D eigenvalue weighted by Gasteiger charge is 2.36. The van der Waals surface area contributed by atoms with Crippen LogP contribution in [0.25, 0.3) is 5.69 Å². The maximum absolute atomic E-state index is 10.1. The third kappa shape index (κ3) is 3.76. The summed E-state index contributed by atoms with van der Waals surface area (Å²) in [5.74, 6) is 1.23. The van der Waals surface area contributed by atoms with Crippen molar-refractivity contribution in [2.75, 3.05) is 21.2 Å². The van der Waals surface area contributed by atoms with Gasteiger partial charge in [-0.25, -0.2) is 9.67 Å². The van der Waals surface area contributed by atoms with Crippen LogP contribution >= 0.6 is 0 Å². The van der Waals surface area contributed by atoms with Crippen LogP contribution in [0.1, 0.15) is 22.7 Å². The number of hydrogen-bond acceptors (Lipinski definition) is 5. The Morgan fingerprint density at radius 1 is 1.16 bits per heavy atom. The van der Waals surface area contributed by atoms with Crippen LogP contribution < -0.4 is 9.47 Å². The average molecular weight is 413 g/mol. The van der Waals surface area contributed by atoms with Crippen LogP contribution in [0.4, 0.5) is 0 Å². The monoisotopic (exact) mass is 413 g/mol. The lowest BCUT2D eigenvalue weighted by Crippen LogP contribution is -2.18. The van der Waals surface area contributed by atoms with E-state index < -0.39 is 0 Å². The number of aryl methyl sites for hydroxylation is 1. The van der Waals surface area contributed by atoms with Crippen molar-refractivity contribution in [3.05, 3.63) is 82.9 Å². The summed E-state index contributed by atoms with van der Waals surface area (Å²) in [7, 11) is 5.36. The Kier molecular flexibility index (Phi) is 5.46. The van der Waals surface area contributed by atoms with E-state index in [9.17, 15) is 5.26 Å². The van der Waals surface area contributed by atoms with Crippen molar-refractivity contribution in [2.45, 2.75) is 12.8 Å². The van der Waals surface area contributed by atoms with Gasteiger partial charge in [0.2, 0.25) is 11.8 Å². The molecular formula is C24H23N5O2. The number of methoxy groups -OCH3 is 1. The molecule has 31 heavy (non-hydrogen) atoms. The van der Waals surface area contributed by atoms with Gasteiger partial charge >= 0.3 is 0 Å². The number of ether oxygens (including phenoxy) is 2. The van der Waals surface area contributed by atoms with E-state index in [1.807, 2.05) is 75.6 Å². The zero-order chi connectivity index (χ0) is 22.0. The Balaban J connectivity index is 1.95. The Labute approximate surface area is 181 Å². The molecule has 4 rings (SSSR count). The van der Waals surface area contributed by atoms with Crippen molar-refractivity contribution in [1.82, 2.24) is 14.7 Å². The molecule has 0 saturated carbocycles. The first-order valence-corrected chi connectivity index (χ1v) is 9.85. The summed E-state index contributed by atoms with van der Waals surface area (Å²) >= 11 is 0. The number of allylic oxidation sites excluding steroid dienone is 1. The fraction of sp³-hybridized carbons (Fsp3) is 0.208. The Morgan fingerprint density at radius 3 is 2.48 bits per heavy atom. The minimum absolute atomic E-state index is 0.265. The van der Waals surface area contributed by atoms with Crippen molar-refractivity contribution in [2.24, 2.45) is 4.99 Å². The van der Waals surface area contributed by atoms with Gasteiger partial charge in [0.15, 0.2) is 0 Å². The second kappa shape index (κ2) is 8.36. The zero-order valence-corrected chi connectivity index (χ0v) is 17.9. The van der Waals surface area contributed by atoms with Gasteiger partial charge in [0.1, 0.15) is 17.4 Å². The van der Waals surface area contributed by atoms with E-state index in [0.717, 1.165) is 28.3 Å². The van der Waals surface area contributed by atoms with Crippen LogP contribution in [0.15, 0.2) is 71.0 Å². The van der Waals surface area contributed by atoms with Crippen LogP contribution in [0, 0.1) is 18.3 Å². The van der Waals surface area contributed by atoms with Crippen LogP contribution in [0.3, 0.4) is 0 Å². The van der Waals surface area contributed by atoms with Gasteiger partial charge < -0.3 is 14.4 Å². The summed E-state index contributed by atoms with van der Waals surface area (Å²) in [6, 6.07) is 19.8. The summed E-state index contributed by atoms with van der Waals surface area (Å²) in [5.41, 5.74) is 3.90. The van der Waals surface area contributed by atoms with Crippen LogP contribution in [0.2, 0.25) is 0 Å². The second-order valence-corrected chi connectivity index (χ2v) is 7.40. The highest BCUT2D eigenvalue weighted by atomic mass is 16.5. The molecule has 0 fully saturated rings. The summed E-state index contributed by atoms with van der Waals surface area (Å²) in [4.78, 5) is 6.25. The van der Waals surface area contributed by atoms with E-state index in [0.29, 0.717) is 11.5 Å². The number of aliphatic imine (C=N–C) groups is 1. The summed E-state index contributed by atoms with van der Waals surface area (Å²) < 4.78 is 13.3. The van der Waals surface area contributed by atoms with E-state index in [2.05, 4.69) is 11.1 Å². The van der Waals surface area contributed by atoms with Gasteiger partial charge in [-0.15, -0.1) is 0 Å². The number of hydrogen-bond donors (Lipinski definition) is 0. The molecule has 0 bridgehead atoms. The third-order valence-corrected chi connectivity index (χ3v) is 5.04. The highest BCUT2D eigenvalue weighted by molar-refractivity contribution is 5.61. The molecule has 0 N–H and O–H groups in total. The topological polar surface area (TPSA) is 75.7 Å². The molecule has 0 aliphatic carbocycles. The molecule has 0 saturated heterocycles. The molecule has 156 valence electrons. The van der Waals surface area contributed by atoms with Crippen molar-refractivity contribution >= 4 is 6.34 Å². The Hall–Kier alpha value is -4.05. The number of benzene rings is 2. The number of nitrogens with zero attached hydrogens (tertiary/aromatic N) is 5. The normalized spacial score (nSPS) is 15.4. The van der Waals surface area contributed by atoms with Gasteiger partial charge in [-0.3, -0.25) is 0 Å². The van der Waals surface area contributed by atoms with Crippen molar-refractivity contribution in [3.63, 3.8) is 0 Å². The van der Waals surface area contributed by atoms with Gasteiger partial charge in [-0.05, 0) is 36.8 Å². The standard InChI is InChI=1S/C24H23N5O2/c1-16-21-22(17-10-12-19(30-4)13-11-17)20(14-25)23(26-15-28(2)3)31-24(21)29(27-16)18-8-6-5-7-9-18/h5-13,15,22H,1-4H3/t22-/m1/s1. The molecule has 7 heteroatoms. The molecule has 1 aromatic heterocycles. The summed E-state index contributed by atoms with van der Waals surface area (Å²) in [6.07, 6.45) is 1.62. The van der Waals surface area contributed by atoms with E-state index in [-0.39, 0.29) is 11.8 Å². The lowest BCUT2D eigenvalue weighted by atomic mass is 9.84. The fourth-order valence-corrected chi connectivity index (χ4v) is 3.61. The van der Waals surface area contributed by atoms with Crippen LogP contribution in [-0.2, 0) is 0 Å².